The number of esters is 1. The summed E-state index contributed by atoms with van der Waals surface area (Å²) < 4.78 is 20.1. The van der Waals surface area contributed by atoms with Crippen LogP contribution in [0.1, 0.15) is 13.3 Å². The minimum atomic E-state index is -3.37. The van der Waals surface area contributed by atoms with Gasteiger partial charge in [0.2, 0.25) is 0 Å². The summed E-state index contributed by atoms with van der Waals surface area (Å²) in [5.74, 6) is -1.84. The normalized spacial score (nSPS) is 13.2. The van der Waals surface area contributed by atoms with Gasteiger partial charge < -0.3 is 23.1 Å². The van der Waals surface area contributed by atoms with Gasteiger partial charge in [0.05, 0.1) is 13.0 Å². The summed E-state index contributed by atoms with van der Waals surface area (Å²) in [5, 5.41) is 8.80. The Morgan fingerprint density at radius 2 is 1.65 bits per heavy atom. The molecule has 0 aliphatic carbocycles. The molecular weight excluding hydrogens is 248 g/mol. The smallest absolute Gasteiger partial charge is 0.481 e. The number of carbonyl (C=O) groups excluding carboxylic acids is 1. The van der Waals surface area contributed by atoms with Crippen LogP contribution in [-0.2, 0) is 27.6 Å². The van der Waals surface area contributed by atoms with E-state index in [1.54, 1.807) is 6.92 Å². The lowest BCUT2D eigenvalue weighted by atomic mass is 10.3. The maximum absolute atomic E-state index is 11.7. The molecule has 0 saturated carbocycles. The molecule has 0 heterocycles. The molecule has 100 valence electrons. The Kier molecular flexibility index (Phi) is 6.96. The van der Waals surface area contributed by atoms with E-state index in [0.29, 0.717) is 0 Å². The number of carboxylic acids is 1. The van der Waals surface area contributed by atoms with Crippen molar-refractivity contribution in [1.29, 1.82) is 0 Å². The van der Waals surface area contributed by atoms with Crippen LogP contribution in [0.3, 0.4) is 0 Å². The van der Waals surface area contributed by atoms with Gasteiger partial charge in [0.1, 0.15) is 5.54 Å². The summed E-state index contributed by atoms with van der Waals surface area (Å²) in [5.41, 5.74) is -1.07. The van der Waals surface area contributed by atoms with Crippen molar-refractivity contribution in [2.45, 2.75) is 18.9 Å². The van der Waals surface area contributed by atoms with E-state index in [1.165, 1.54) is 21.3 Å². The Morgan fingerprint density at radius 1 is 1.18 bits per heavy atom. The van der Waals surface area contributed by atoms with Gasteiger partial charge in [-0.2, -0.15) is 0 Å². The number of ether oxygens (including phenoxy) is 1. The molecule has 0 aromatic rings. The molecule has 0 aromatic heterocycles. The summed E-state index contributed by atoms with van der Waals surface area (Å²) >= 11 is 0. The highest BCUT2D eigenvalue weighted by Crippen LogP contribution is 2.29. The predicted octanol–water partition coefficient (Wildman–Crippen LogP) is 0.272. The Balaban J connectivity index is 5.11. The largest absolute Gasteiger partial charge is 0.515 e. The van der Waals surface area contributed by atoms with Gasteiger partial charge in [0, 0.05) is 21.3 Å². The fourth-order valence-electron chi connectivity index (χ4n) is 1.45. The van der Waals surface area contributed by atoms with Gasteiger partial charge in [-0.05, 0) is 6.92 Å². The fourth-order valence-corrected chi connectivity index (χ4v) is 3.60. The first-order valence-electron chi connectivity index (χ1n) is 5.01. The Hall–Kier alpha value is -0.963. The average Bonchev–Trinajstić information content (AvgIpc) is 2.30. The molecule has 0 aliphatic heterocycles. The summed E-state index contributed by atoms with van der Waals surface area (Å²) in [6.45, 7) is 1.78. The van der Waals surface area contributed by atoms with Crippen molar-refractivity contribution in [3.8, 4) is 0 Å². The monoisotopic (exact) mass is 266 g/mol. The number of rotatable bonds is 8. The summed E-state index contributed by atoms with van der Waals surface area (Å²) in [4.78, 5) is 22.5. The maximum Gasteiger partial charge on any atom is 0.515 e. The molecule has 0 aromatic carbocycles. The van der Waals surface area contributed by atoms with Gasteiger partial charge in [-0.25, -0.2) is 0 Å². The van der Waals surface area contributed by atoms with E-state index >= 15 is 0 Å². The van der Waals surface area contributed by atoms with Crippen LogP contribution in [0.5, 0.6) is 0 Å². The van der Waals surface area contributed by atoms with Crippen LogP contribution in [0.2, 0.25) is 5.54 Å². The summed E-state index contributed by atoms with van der Waals surface area (Å²) in [7, 11) is 0.573. The topological polar surface area (TPSA) is 91.3 Å². The molecule has 0 fully saturated rings. The van der Waals surface area contributed by atoms with Crippen molar-refractivity contribution in [2.24, 2.45) is 0 Å². The second-order valence-corrected chi connectivity index (χ2v) is 6.25. The zero-order valence-corrected chi connectivity index (χ0v) is 11.4. The summed E-state index contributed by atoms with van der Waals surface area (Å²) in [6.07, 6.45) is -0.458. The third-order valence-electron chi connectivity index (χ3n) is 2.23. The van der Waals surface area contributed by atoms with Gasteiger partial charge in [0.15, 0.2) is 0 Å². The van der Waals surface area contributed by atoms with E-state index in [2.05, 4.69) is 0 Å². The SMILES string of the molecule is CCOC(=O)C(CC(=O)O)[Si](OC)(OC)OC. The van der Waals surface area contributed by atoms with E-state index in [-0.39, 0.29) is 6.61 Å². The third kappa shape index (κ3) is 4.08. The van der Waals surface area contributed by atoms with Crippen LogP contribution in [0.4, 0.5) is 0 Å². The van der Waals surface area contributed by atoms with Crippen LogP contribution >= 0.6 is 0 Å². The van der Waals surface area contributed by atoms with E-state index in [9.17, 15) is 9.59 Å². The van der Waals surface area contributed by atoms with Crippen LogP contribution in [0.25, 0.3) is 0 Å². The van der Waals surface area contributed by atoms with Gasteiger partial charge in [-0.1, -0.05) is 0 Å². The van der Waals surface area contributed by atoms with Crippen LogP contribution < -0.4 is 0 Å². The zero-order chi connectivity index (χ0) is 13.5. The second kappa shape index (κ2) is 7.38. The van der Waals surface area contributed by atoms with Gasteiger partial charge in [-0.3, -0.25) is 9.59 Å². The van der Waals surface area contributed by atoms with Crippen molar-refractivity contribution in [2.75, 3.05) is 27.9 Å². The molecule has 0 aliphatic rings. The van der Waals surface area contributed by atoms with Crippen molar-refractivity contribution < 1.29 is 32.7 Å². The van der Waals surface area contributed by atoms with Crippen molar-refractivity contribution in [3.05, 3.63) is 0 Å². The standard InChI is InChI=1S/C9H18O7Si/c1-5-16-9(12)7(6-8(10)11)17(13-2,14-3)15-4/h7H,5-6H2,1-4H3,(H,10,11). The van der Waals surface area contributed by atoms with Gasteiger partial charge in [0.25, 0.3) is 0 Å². The zero-order valence-electron chi connectivity index (χ0n) is 10.4. The molecule has 1 N–H and O–H groups in total. The molecular formula is C9H18O7Si. The maximum atomic E-state index is 11.7. The van der Waals surface area contributed by atoms with E-state index in [1.807, 2.05) is 0 Å². The van der Waals surface area contributed by atoms with Crippen molar-refractivity contribution in [3.63, 3.8) is 0 Å². The molecule has 0 spiro atoms. The fraction of sp³-hybridized carbons (Fsp3) is 0.778. The minimum absolute atomic E-state index is 0.149. The minimum Gasteiger partial charge on any atom is -0.481 e. The van der Waals surface area contributed by atoms with Gasteiger partial charge >= 0.3 is 20.7 Å². The lowest BCUT2D eigenvalue weighted by Crippen LogP contribution is -2.51. The van der Waals surface area contributed by atoms with Crippen LogP contribution in [0, 0.1) is 0 Å². The van der Waals surface area contributed by atoms with E-state index < -0.39 is 32.7 Å². The average molecular weight is 266 g/mol. The number of carboxylic acid groups (broad SMARTS) is 1. The molecule has 0 amide bonds. The molecule has 17 heavy (non-hydrogen) atoms. The molecule has 0 radical (unpaired) electrons. The Bertz CT molecular complexity index is 256. The molecule has 1 atom stereocenters. The molecule has 1 unspecified atom stereocenters. The molecule has 0 saturated heterocycles. The molecule has 0 rings (SSSR count). The number of hydrogen-bond donors (Lipinski definition) is 1. The molecule has 0 bridgehead atoms. The Morgan fingerprint density at radius 3 is 1.94 bits per heavy atom. The van der Waals surface area contributed by atoms with Crippen LogP contribution in [0.15, 0.2) is 0 Å². The highest BCUT2D eigenvalue weighted by atomic mass is 28.4. The lowest BCUT2D eigenvalue weighted by molar-refractivity contribution is -0.149. The second-order valence-electron chi connectivity index (χ2n) is 3.12. The highest BCUT2D eigenvalue weighted by Gasteiger charge is 2.53. The quantitative estimate of drug-likeness (QED) is 0.498. The third-order valence-corrected chi connectivity index (χ3v) is 5.23. The van der Waals surface area contributed by atoms with E-state index in [4.69, 9.17) is 23.1 Å². The summed E-state index contributed by atoms with van der Waals surface area (Å²) in [6, 6.07) is 0. The first-order chi connectivity index (χ1) is 7.97. The number of hydrogen-bond acceptors (Lipinski definition) is 6. The number of aliphatic carboxylic acids is 1. The van der Waals surface area contributed by atoms with Crippen molar-refractivity contribution >= 4 is 20.7 Å². The van der Waals surface area contributed by atoms with Gasteiger partial charge in [-0.15, -0.1) is 0 Å². The van der Waals surface area contributed by atoms with Crippen LogP contribution in [-0.4, -0.2) is 53.8 Å². The van der Waals surface area contributed by atoms with Crippen molar-refractivity contribution in [1.82, 2.24) is 0 Å². The predicted molar refractivity (Wildman–Crippen MR) is 59.4 cm³/mol. The molecule has 7 nitrogen and oxygen atoms in total. The Labute approximate surface area is 101 Å². The first-order valence-corrected chi connectivity index (χ1v) is 6.81. The first kappa shape index (κ1) is 16.0. The molecule has 8 heteroatoms. The highest BCUT2D eigenvalue weighted by molar-refractivity contribution is 6.66. The lowest BCUT2D eigenvalue weighted by Gasteiger charge is -2.29. The number of carbonyl (C=O) groups is 2. The van der Waals surface area contributed by atoms with E-state index in [0.717, 1.165) is 0 Å².